The van der Waals surface area contributed by atoms with Gasteiger partial charge in [0.2, 0.25) is 0 Å². The van der Waals surface area contributed by atoms with Crippen LogP contribution in [0.1, 0.15) is 16.7 Å². The summed E-state index contributed by atoms with van der Waals surface area (Å²) in [6.07, 6.45) is 0.493. The lowest BCUT2D eigenvalue weighted by Gasteiger charge is -2.45. The number of ether oxygens (including phenoxy) is 3. The van der Waals surface area contributed by atoms with Crippen molar-refractivity contribution in [1.82, 2.24) is 5.06 Å². The molecule has 0 radical (unpaired) electrons. The average molecular weight is 446 g/mol. The van der Waals surface area contributed by atoms with Crippen LogP contribution in [0.2, 0.25) is 0 Å². The first-order valence-electron chi connectivity index (χ1n) is 11.3. The van der Waals surface area contributed by atoms with Crippen molar-refractivity contribution < 1.29 is 19.4 Å². The standard InChI is InChI=1S/C28H31NO4/c1-2-25-27(32-20-23-14-8-4-9-15-23)28(33-21-24-16-10-5-11-17-24)26(18-29(25)30)31-19-22-12-6-3-7-13-22/h2-17,25-28,30H,1,18-21H2/t25-,26+,27+,28-/m0/s1. The van der Waals surface area contributed by atoms with Crippen LogP contribution in [0.4, 0.5) is 0 Å². The number of hydrogen-bond donors (Lipinski definition) is 1. The molecule has 1 fully saturated rings. The number of nitrogens with zero attached hydrogens (tertiary/aromatic N) is 1. The number of rotatable bonds is 10. The summed E-state index contributed by atoms with van der Waals surface area (Å²) in [5.41, 5.74) is 3.19. The summed E-state index contributed by atoms with van der Waals surface area (Å²) >= 11 is 0. The summed E-state index contributed by atoms with van der Waals surface area (Å²) in [6, 6.07) is 29.6. The van der Waals surface area contributed by atoms with Crippen molar-refractivity contribution in [2.45, 2.75) is 44.2 Å². The first-order valence-corrected chi connectivity index (χ1v) is 11.3. The first kappa shape index (κ1) is 23.4. The fraction of sp³-hybridized carbons (Fsp3) is 0.286. The van der Waals surface area contributed by atoms with E-state index in [1.807, 2.05) is 91.0 Å². The minimum atomic E-state index is -0.453. The zero-order chi connectivity index (χ0) is 22.9. The van der Waals surface area contributed by atoms with Gasteiger partial charge in [-0.1, -0.05) is 97.1 Å². The Kier molecular flexibility index (Phi) is 8.41. The van der Waals surface area contributed by atoms with E-state index in [1.54, 1.807) is 6.08 Å². The molecule has 1 N–H and O–H groups in total. The molecule has 0 aromatic heterocycles. The quantitative estimate of drug-likeness (QED) is 0.445. The second-order valence-electron chi connectivity index (χ2n) is 8.21. The third-order valence-corrected chi connectivity index (χ3v) is 5.86. The van der Waals surface area contributed by atoms with E-state index in [0.29, 0.717) is 26.4 Å². The number of piperidine rings is 1. The molecule has 0 amide bonds. The summed E-state index contributed by atoms with van der Waals surface area (Å²) in [6.45, 7) is 5.49. The SMILES string of the molecule is C=C[C@H]1[C@@H](OCc2ccccc2)[C@@H](OCc2ccccc2)[C@H](OCc2ccccc2)CN1O. The van der Waals surface area contributed by atoms with Gasteiger partial charge in [0.1, 0.15) is 18.3 Å². The molecule has 0 aliphatic carbocycles. The molecule has 0 saturated carbocycles. The molecule has 0 unspecified atom stereocenters. The Hall–Kier alpha value is -2.80. The van der Waals surface area contributed by atoms with Crippen LogP contribution in [0.5, 0.6) is 0 Å². The van der Waals surface area contributed by atoms with E-state index in [9.17, 15) is 5.21 Å². The molecular weight excluding hydrogens is 414 g/mol. The maximum Gasteiger partial charge on any atom is 0.113 e. The molecule has 5 heteroatoms. The van der Waals surface area contributed by atoms with Crippen molar-refractivity contribution in [3.05, 3.63) is 120 Å². The van der Waals surface area contributed by atoms with Gasteiger partial charge in [0, 0.05) is 0 Å². The summed E-state index contributed by atoms with van der Waals surface area (Å²) in [5, 5.41) is 12.0. The van der Waals surface area contributed by atoms with E-state index < -0.39 is 12.1 Å². The lowest BCUT2D eigenvalue weighted by Crippen LogP contribution is -2.61. The minimum Gasteiger partial charge on any atom is -0.369 e. The highest BCUT2D eigenvalue weighted by atomic mass is 16.6. The van der Waals surface area contributed by atoms with Crippen molar-refractivity contribution in [3.8, 4) is 0 Å². The van der Waals surface area contributed by atoms with Gasteiger partial charge >= 0.3 is 0 Å². The van der Waals surface area contributed by atoms with E-state index in [1.165, 1.54) is 5.06 Å². The Morgan fingerprint density at radius 2 is 1.12 bits per heavy atom. The lowest BCUT2D eigenvalue weighted by atomic mass is 9.94. The van der Waals surface area contributed by atoms with Gasteiger partial charge in [-0.25, -0.2) is 0 Å². The molecule has 1 heterocycles. The molecule has 0 bridgehead atoms. The molecule has 172 valence electrons. The number of benzene rings is 3. The smallest absolute Gasteiger partial charge is 0.113 e. The number of hydroxylamine groups is 2. The van der Waals surface area contributed by atoms with Gasteiger partial charge in [0.25, 0.3) is 0 Å². The van der Waals surface area contributed by atoms with Gasteiger partial charge in [-0.3, -0.25) is 0 Å². The van der Waals surface area contributed by atoms with Crippen LogP contribution in [0.25, 0.3) is 0 Å². The second-order valence-corrected chi connectivity index (χ2v) is 8.21. The molecule has 1 aliphatic rings. The Labute approximate surface area is 195 Å². The molecule has 1 aliphatic heterocycles. The van der Waals surface area contributed by atoms with Gasteiger partial charge < -0.3 is 19.4 Å². The summed E-state index contributed by atoms with van der Waals surface area (Å²) in [4.78, 5) is 0. The van der Waals surface area contributed by atoms with E-state index in [2.05, 4.69) is 6.58 Å². The minimum absolute atomic E-state index is 0.300. The summed E-state index contributed by atoms with van der Waals surface area (Å²) in [5.74, 6) is 0. The highest BCUT2D eigenvalue weighted by molar-refractivity contribution is 5.16. The second kappa shape index (κ2) is 11.9. The van der Waals surface area contributed by atoms with E-state index in [4.69, 9.17) is 14.2 Å². The predicted molar refractivity (Wildman–Crippen MR) is 128 cm³/mol. The molecule has 5 nitrogen and oxygen atoms in total. The third kappa shape index (κ3) is 6.38. The van der Waals surface area contributed by atoms with Crippen molar-refractivity contribution in [1.29, 1.82) is 0 Å². The van der Waals surface area contributed by atoms with Crippen LogP contribution < -0.4 is 0 Å². The largest absolute Gasteiger partial charge is 0.369 e. The van der Waals surface area contributed by atoms with E-state index in [-0.39, 0.29) is 12.2 Å². The highest BCUT2D eigenvalue weighted by Gasteiger charge is 2.44. The summed E-state index contributed by atoms with van der Waals surface area (Å²) < 4.78 is 19.0. The van der Waals surface area contributed by atoms with Gasteiger partial charge in [-0.2, -0.15) is 5.06 Å². The average Bonchev–Trinajstić information content (AvgIpc) is 2.87. The Morgan fingerprint density at radius 1 is 0.697 bits per heavy atom. The molecule has 3 aromatic rings. The van der Waals surface area contributed by atoms with Crippen LogP contribution in [0.3, 0.4) is 0 Å². The molecular formula is C28H31NO4. The van der Waals surface area contributed by atoms with Crippen molar-refractivity contribution in [2.75, 3.05) is 6.54 Å². The van der Waals surface area contributed by atoms with Gasteiger partial charge in [0.15, 0.2) is 0 Å². The lowest BCUT2D eigenvalue weighted by molar-refractivity contribution is -0.256. The Balaban J connectivity index is 1.53. The van der Waals surface area contributed by atoms with Crippen molar-refractivity contribution in [3.63, 3.8) is 0 Å². The molecule has 4 atom stereocenters. The van der Waals surface area contributed by atoms with E-state index >= 15 is 0 Å². The third-order valence-electron chi connectivity index (χ3n) is 5.86. The topological polar surface area (TPSA) is 51.2 Å². The van der Waals surface area contributed by atoms with Crippen molar-refractivity contribution in [2.24, 2.45) is 0 Å². The monoisotopic (exact) mass is 445 g/mol. The van der Waals surface area contributed by atoms with Gasteiger partial charge in [-0.15, -0.1) is 6.58 Å². The van der Waals surface area contributed by atoms with Crippen molar-refractivity contribution >= 4 is 0 Å². The fourth-order valence-electron chi connectivity index (χ4n) is 4.10. The normalized spacial score (nSPS) is 23.3. The van der Waals surface area contributed by atoms with Crippen LogP contribution >= 0.6 is 0 Å². The zero-order valence-electron chi connectivity index (χ0n) is 18.7. The molecule has 1 saturated heterocycles. The fourth-order valence-corrected chi connectivity index (χ4v) is 4.10. The van der Waals surface area contributed by atoms with Gasteiger partial charge in [0.05, 0.1) is 32.4 Å². The first-order chi connectivity index (χ1) is 16.2. The molecule has 0 spiro atoms. The number of hydrogen-bond acceptors (Lipinski definition) is 5. The predicted octanol–water partition coefficient (Wildman–Crippen LogP) is 5.00. The van der Waals surface area contributed by atoms with Crippen LogP contribution in [-0.2, 0) is 34.0 Å². The van der Waals surface area contributed by atoms with E-state index in [0.717, 1.165) is 16.7 Å². The Bertz CT molecular complexity index is 967. The van der Waals surface area contributed by atoms with Gasteiger partial charge in [-0.05, 0) is 16.7 Å². The van der Waals surface area contributed by atoms with Crippen LogP contribution in [-0.4, -0.2) is 41.2 Å². The highest BCUT2D eigenvalue weighted by Crippen LogP contribution is 2.28. The maximum absolute atomic E-state index is 10.8. The van der Waals surface area contributed by atoms with Crippen LogP contribution in [0, 0.1) is 0 Å². The Morgan fingerprint density at radius 3 is 1.58 bits per heavy atom. The maximum atomic E-state index is 10.8. The van der Waals surface area contributed by atoms with Crippen LogP contribution in [0.15, 0.2) is 104 Å². The molecule has 4 rings (SSSR count). The molecule has 33 heavy (non-hydrogen) atoms. The summed E-state index contributed by atoms with van der Waals surface area (Å²) in [7, 11) is 0. The zero-order valence-corrected chi connectivity index (χ0v) is 18.7. The molecule has 3 aromatic carbocycles.